The second-order valence-corrected chi connectivity index (χ2v) is 6.23. The molecule has 1 fully saturated rings. The van der Waals surface area contributed by atoms with Crippen molar-refractivity contribution in [2.75, 3.05) is 18.1 Å². The molecular weight excluding hydrogens is 318 g/mol. The summed E-state index contributed by atoms with van der Waals surface area (Å²) in [4.78, 5) is 22.8. The Morgan fingerprint density at radius 2 is 2.24 bits per heavy atom. The maximum Gasteiger partial charge on any atom is 0.338 e. The first kappa shape index (κ1) is 15.6. The monoisotopic (exact) mass is 337 g/mol. The Labute approximate surface area is 145 Å². The largest absolute Gasteiger partial charge is 0.460 e. The van der Waals surface area contributed by atoms with E-state index in [2.05, 4.69) is 20.0 Å². The zero-order chi connectivity index (χ0) is 17.2. The minimum Gasteiger partial charge on any atom is -0.460 e. The number of nitrogens with zero attached hydrogens (tertiary/aromatic N) is 5. The van der Waals surface area contributed by atoms with Crippen LogP contribution in [0.1, 0.15) is 28.8 Å². The summed E-state index contributed by atoms with van der Waals surface area (Å²) in [6, 6.07) is 9.50. The zero-order valence-electron chi connectivity index (χ0n) is 14.0. The molecule has 0 unspecified atom stereocenters. The molecule has 0 aliphatic carbocycles. The predicted octanol–water partition coefficient (Wildman–Crippen LogP) is 2.26. The number of hydrogen-bond donors (Lipinski definition) is 0. The van der Waals surface area contributed by atoms with Crippen LogP contribution in [0.5, 0.6) is 0 Å². The second-order valence-electron chi connectivity index (χ2n) is 6.23. The molecule has 4 rings (SSSR count). The lowest BCUT2D eigenvalue weighted by atomic mass is 10.1. The third-order valence-electron chi connectivity index (χ3n) is 4.49. The predicted molar refractivity (Wildman–Crippen MR) is 92.6 cm³/mol. The molecule has 0 amide bonds. The molecule has 25 heavy (non-hydrogen) atoms. The Balaban J connectivity index is 1.49. The molecule has 0 N–H and O–H groups in total. The topological polar surface area (TPSA) is 72.6 Å². The normalized spacial score (nSPS) is 17.2. The van der Waals surface area contributed by atoms with Crippen molar-refractivity contribution in [2.24, 2.45) is 0 Å². The van der Waals surface area contributed by atoms with E-state index in [-0.39, 0.29) is 12.0 Å². The standard InChI is InChI=1S/C18H19N5O2/c1-13-4-2-5-14(10-13)17(24)25-11-15-6-3-9-22(15)16-7-8-19-18-20-12-21-23(16)18/h2,4-5,7-8,10,12,15H,3,6,9,11H2,1H3/t15-/m1/s1. The summed E-state index contributed by atoms with van der Waals surface area (Å²) in [7, 11) is 0. The highest BCUT2D eigenvalue weighted by molar-refractivity contribution is 5.89. The lowest BCUT2D eigenvalue weighted by Crippen LogP contribution is -2.35. The van der Waals surface area contributed by atoms with Gasteiger partial charge in [-0.05, 0) is 38.0 Å². The van der Waals surface area contributed by atoms with Crippen molar-refractivity contribution < 1.29 is 9.53 Å². The lowest BCUT2D eigenvalue weighted by molar-refractivity contribution is 0.0482. The highest BCUT2D eigenvalue weighted by atomic mass is 16.5. The summed E-state index contributed by atoms with van der Waals surface area (Å²) in [6.07, 6.45) is 5.24. The molecule has 128 valence electrons. The van der Waals surface area contributed by atoms with E-state index in [1.54, 1.807) is 16.8 Å². The molecule has 0 bridgehead atoms. The Bertz CT molecular complexity index is 907. The number of benzene rings is 1. The van der Waals surface area contributed by atoms with Crippen LogP contribution >= 0.6 is 0 Å². The molecule has 0 saturated carbocycles. The molecule has 1 aromatic carbocycles. The molecule has 2 aromatic heterocycles. The fourth-order valence-electron chi connectivity index (χ4n) is 3.28. The van der Waals surface area contributed by atoms with Crippen molar-refractivity contribution in [1.82, 2.24) is 19.6 Å². The van der Waals surface area contributed by atoms with Gasteiger partial charge in [-0.15, -0.1) is 0 Å². The van der Waals surface area contributed by atoms with Crippen molar-refractivity contribution >= 4 is 17.6 Å². The fourth-order valence-corrected chi connectivity index (χ4v) is 3.28. The summed E-state index contributed by atoms with van der Waals surface area (Å²) in [6.45, 7) is 3.21. The molecule has 1 atom stereocenters. The number of carbonyl (C=O) groups is 1. The van der Waals surface area contributed by atoms with E-state index in [9.17, 15) is 4.79 Å². The van der Waals surface area contributed by atoms with Gasteiger partial charge in [0, 0.05) is 12.7 Å². The van der Waals surface area contributed by atoms with Gasteiger partial charge < -0.3 is 9.64 Å². The average molecular weight is 337 g/mol. The Kier molecular flexibility index (Phi) is 4.05. The van der Waals surface area contributed by atoms with Gasteiger partial charge in [0.15, 0.2) is 0 Å². The van der Waals surface area contributed by atoms with Crippen LogP contribution in [0, 0.1) is 6.92 Å². The second kappa shape index (κ2) is 6.51. The molecular formula is C18H19N5O2. The number of carbonyl (C=O) groups excluding carboxylic acids is 1. The van der Waals surface area contributed by atoms with Gasteiger partial charge in [0.1, 0.15) is 18.8 Å². The van der Waals surface area contributed by atoms with Gasteiger partial charge >= 0.3 is 5.97 Å². The fraction of sp³-hybridized carbons (Fsp3) is 0.333. The van der Waals surface area contributed by atoms with Gasteiger partial charge in [0.25, 0.3) is 5.78 Å². The van der Waals surface area contributed by atoms with E-state index in [0.717, 1.165) is 30.8 Å². The van der Waals surface area contributed by atoms with E-state index < -0.39 is 0 Å². The Morgan fingerprint density at radius 1 is 1.32 bits per heavy atom. The van der Waals surface area contributed by atoms with E-state index in [4.69, 9.17) is 4.74 Å². The van der Waals surface area contributed by atoms with Crippen molar-refractivity contribution in [2.45, 2.75) is 25.8 Å². The molecule has 0 spiro atoms. The number of hydrogen-bond acceptors (Lipinski definition) is 6. The maximum absolute atomic E-state index is 12.3. The highest BCUT2D eigenvalue weighted by Crippen LogP contribution is 2.25. The summed E-state index contributed by atoms with van der Waals surface area (Å²) < 4.78 is 7.29. The lowest BCUT2D eigenvalue weighted by Gasteiger charge is -2.26. The van der Waals surface area contributed by atoms with E-state index in [1.165, 1.54) is 6.33 Å². The summed E-state index contributed by atoms with van der Waals surface area (Å²) in [5.74, 6) is 1.22. The molecule has 7 heteroatoms. The van der Waals surface area contributed by atoms with Crippen LogP contribution in [0.3, 0.4) is 0 Å². The Morgan fingerprint density at radius 3 is 3.12 bits per heavy atom. The van der Waals surface area contributed by atoms with Gasteiger partial charge in [-0.2, -0.15) is 14.6 Å². The van der Waals surface area contributed by atoms with Crippen LogP contribution in [0.15, 0.2) is 42.9 Å². The van der Waals surface area contributed by atoms with Gasteiger partial charge in [-0.1, -0.05) is 17.7 Å². The number of anilines is 1. The van der Waals surface area contributed by atoms with Gasteiger partial charge in [-0.25, -0.2) is 9.78 Å². The number of aromatic nitrogens is 4. The molecule has 1 aliphatic rings. The average Bonchev–Trinajstić information content (AvgIpc) is 3.28. The van der Waals surface area contributed by atoms with Crippen molar-refractivity contribution in [3.8, 4) is 0 Å². The van der Waals surface area contributed by atoms with Gasteiger partial charge in [0.2, 0.25) is 0 Å². The van der Waals surface area contributed by atoms with Crippen molar-refractivity contribution in [3.63, 3.8) is 0 Å². The van der Waals surface area contributed by atoms with E-state index in [1.807, 2.05) is 31.2 Å². The first-order chi connectivity index (χ1) is 12.2. The smallest absolute Gasteiger partial charge is 0.338 e. The van der Waals surface area contributed by atoms with E-state index >= 15 is 0 Å². The number of fused-ring (bicyclic) bond motifs is 1. The van der Waals surface area contributed by atoms with Crippen LogP contribution in [-0.2, 0) is 4.74 Å². The van der Waals surface area contributed by atoms with Crippen molar-refractivity contribution in [1.29, 1.82) is 0 Å². The minimum absolute atomic E-state index is 0.128. The number of aryl methyl sites for hydroxylation is 1. The number of esters is 1. The summed E-state index contributed by atoms with van der Waals surface area (Å²) in [5, 5.41) is 4.24. The van der Waals surface area contributed by atoms with Crippen LogP contribution in [0.4, 0.5) is 5.82 Å². The molecule has 1 saturated heterocycles. The number of ether oxygens (including phenoxy) is 1. The quantitative estimate of drug-likeness (QED) is 0.680. The van der Waals surface area contributed by atoms with Gasteiger partial charge in [-0.3, -0.25) is 0 Å². The first-order valence-electron chi connectivity index (χ1n) is 8.37. The maximum atomic E-state index is 12.3. The molecule has 7 nitrogen and oxygen atoms in total. The molecule has 0 radical (unpaired) electrons. The van der Waals surface area contributed by atoms with Crippen LogP contribution in [-0.4, -0.2) is 44.7 Å². The summed E-state index contributed by atoms with van der Waals surface area (Å²) >= 11 is 0. The van der Waals surface area contributed by atoms with Crippen LogP contribution in [0.2, 0.25) is 0 Å². The Hall–Kier alpha value is -2.96. The first-order valence-corrected chi connectivity index (χ1v) is 8.37. The molecule has 3 aromatic rings. The van der Waals surface area contributed by atoms with Crippen LogP contribution < -0.4 is 4.90 Å². The third-order valence-corrected chi connectivity index (χ3v) is 4.49. The molecule has 1 aliphatic heterocycles. The zero-order valence-corrected chi connectivity index (χ0v) is 14.0. The van der Waals surface area contributed by atoms with Crippen LogP contribution in [0.25, 0.3) is 5.78 Å². The molecule has 3 heterocycles. The number of rotatable bonds is 4. The minimum atomic E-state index is -0.281. The summed E-state index contributed by atoms with van der Waals surface area (Å²) in [5.41, 5.74) is 1.63. The highest BCUT2D eigenvalue weighted by Gasteiger charge is 2.28. The van der Waals surface area contributed by atoms with E-state index in [0.29, 0.717) is 17.9 Å². The SMILES string of the molecule is Cc1cccc(C(=O)OC[C@H]2CCCN2c2ccnc3ncnn23)c1. The van der Waals surface area contributed by atoms with Crippen molar-refractivity contribution in [3.05, 3.63) is 54.0 Å². The van der Waals surface area contributed by atoms with Gasteiger partial charge in [0.05, 0.1) is 11.6 Å². The third kappa shape index (κ3) is 3.05.